The molecule has 2 heterocycles. The molecular weight excluding hydrogens is 372 g/mol. The van der Waals surface area contributed by atoms with E-state index in [1.165, 1.54) is 22.7 Å². The number of nitrogens with one attached hydrogen (secondary N) is 2. The van der Waals surface area contributed by atoms with Crippen LogP contribution in [0.1, 0.15) is 31.8 Å². The molecule has 0 atom stereocenters. The first-order chi connectivity index (χ1) is 12.6. The van der Waals surface area contributed by atoms with Crippen molar-refractivity contribution in [2.75, 3.05) is 5.32 Å². The summed E-state index contributed by atoms with van der Waals surface area (Å²) in [5.74, 6) is -0.446. The number of nitrogens with zero attached hydrogens (tertiary/aromatic N) is 4. The van der Waals surface area contributed by atoms with Crippen molar-refractivity contribution < 1.29 is 9.59 Å². The maximum Gasteiger partial charge on any atom is 0.288 e. The van der Waals surface area contributed by atoms with E-state index < -0.39 is 0 Å². The second kappa shape index (κ2) is 8.59. The average Bonchev–Trinajstić information content (AvgIpc) is 3.28. The summed E-state index contributed by atoms with van der Waals surface area (Å²) < 4.78 is 0. The van der Waals surface area contributed by atoms with Gasteiger partial charge in [0.1, 0.15) is 10.0 Å². The Bertz CT molecular complexity index is 893. The third kappa shape index (κ3) is 5.14. The maximum absolute atomic E-state index is 12.1. The summed E-state index contributed by atoms with van der Waals surface area (Å²) in [5, 5.41) is 23.1. The molecule has 2 N–H and O–H groups in total. The van der Waals surface area contributed by atoms with Crippen LogP contribution in [0, 0.1) is 6.92 Å². The van der Waals surface area contributed by atoms with E-state index in [2.05, 4.69) is 31.0 Å². The summed E-state index contributed by atoms with van der Waals surface area (Å²) in [5.41, 5.74) is 1.04. The molecule has 3 aromatic rings. The number of benzene rings is 1. The number of carbonyl (C=O) groups excluding carboxylic acids is 2. The van der Waals surface area contributed by atoms with Gasteiger partial charge in [-0.05, 0) is 12.5 Å². The van der Waals surface area contributed by atoms with Gasteiger partial charge in [0.25, 0.3) is 5.91 Å². The lowest BCUT2D eigenvalue weighted by Gasteiger charge is -2.04. The quantitative estimate of drug-likeness (QED) is 0.642. The van der Waals surface area contributed by atoms with Crippen LogP contribution in [0.3, 0.4) is 0 Å². The van der Waals surface area contributed by atoms with Crippen LogP contribution in [-0.2, 0) is 17.8 Å². The first kappa shape index (κ1) is 18.1. The standard InChI is InChI=1S/C16H16N6O2S2/c1-10-19-22-16(25-10)18-14(24)15-21-20-13(26-15)8-7-12(23)17-9-11-5-3-2-4-6-11/h2-6H,7-9H2,1H3,(H,17,23)(H,18,22,24). The number of carbonyl (C=O) groups is 2. The molecule has 0 fully saturated rings. The zero-order valence-corrected chi connectivity index (χ0v) is 15.6. The topological polar surface area (TPSA) is 110 Å². The summed E-state index contributed by atoms with van der Waals surface area (Å²) in [6, 6.07) is 9.70. The second-order valence-corrected chi connectivity index (χ2v) is 7.59. The fraction of sp³-hybridized carbons (Fsp3) is 0.250. The molecule has 0 unspecified atom stereocenters. The summed E-state index contributed by atoms with van der Waals surface area (Å²) in [6.07, 6.45) is 0.724. The smallest absolute Gasteiger partial charge is 0.288 e. The van der Waals surface area contributed by atoms with Crippen molar-refractivity contribution in [2.45, 2.75) is 26.3 Å². The highest BCUT2D eigenvalue weighted by atomic mass is 32.1. The molecule has 0 bridgehead atoms. The fourth-order valence-electron chi connectivity index (χ4n) is 2.05. The SMILES string of the molecule is Cc1nnc(NC(=O)c2nnc(CCC(=O)NCc3ccccc3)s2)s1. The van der Waals surface area contributed by atoms with E-state index in [1.807, 2.05) is 30.3 Å². The summed E-state index contributed by atoms with van der Waals surface area (Å²) >= 11 is 2.45. The Morgan fingerprint density at radius 3 is 2.58 bits per heavy atom. The Balaban J connectivity index is 1.45. The Hall–Kier alpha value is -2.72. The number of hydrogen-bond donors (Lipinski definition) is 2. The van der Waals surface area contributed by atoms with Crippen molar-refractivity contribution >= 4 is 39.6 Å². The van der Waals surface area contributed by atoms with E-state index in [4.69, 9.17) is 0 Å². The minimum atomic E-state index is -0.376. The van der Waals surface area contributed by atoms with Gasteiger partial charge < -0.3 is 5.32 Å². The molecule has 0 radical (unpaired) electrons. The van der Waals surface area contributed by atoms with Crippen LogP contribution in [0.4, 0.5) is 5.13 Å². The van der Waals surface area contributed by atoms with Gasteiger partial charge in [-0.25, -0.2) is 0 Å². The predicted octanol–water partition coefficient (Wildman–Crippen LogP) is 2.20. The molecule has 1 aromatic carbocycles. The molecule has 0 aliphatic rings. The first-order valence-corrected chi connectivity index (χ1v) is 9.48. The zero-order valence-electron chi connectivity index (χ0n) is 13.9. The molecule has 134 valence electrons. The van der Waals surface area contributed by atoms with Gasteiger partial charge >= 0.3 is 0 Å². The molecule has 0 aliphatic heterocycles. The Morgan fingerprint density at radius 1 is 1.04 bits per heavy atom. The van der Waals surface area contributed by atoms with Gasteiger partial charge in [0.15, 0.2) is 0 Å². The van der Waals surface area contributed by atoms with E-state index in [9.17, 15) is 9.59 Å². The van der Waals surface area contributed by atoms with Gasteiger partial charge in [0.2, 0.25) is 16.0 Å². The van der Waals surface area contributed by atoms with Crippen LogP contribution in [-0.4, -0.2) is 32.2 Å². The van der Waals surface area contributed by atoms with Crippen LogP contribution >= 0.6 is 22.7 Å². The van der Waals surface area contributed by atoms with Gasteiger partial charge in [0.05, 0.1) is 0 Å². The highest BCUT2D eigenvalue weighted by molar-refractivity contribution is 7.15. The molecule has 8 nitrogen and oxygen atoms in total. The Labute approximate surface area is 157 Å². The number of rotatable bonds is 7. The van der Waals surface area contributed by atoms with E-state index in [1.54, 1.807) is 6.92 Å². The number of aromatic nitrogens is 4. The summed E-state index contributed by atoms with van der Waals surface area (Å²) in [4.78, 5) is 24.0. The van der Waals surface area contributed by atoms with Crippen LogP contribution in [0.25, 0.3) is 0 Å². The van der Waals surface area contributed by atoms with E-state index in [-0.39, 0.29) is 16.8 Å². The van der Waals surface area contributed by atoms with Gasteiger partial charge in [-0.1, -0.05) is 53.0 Å². The van der Waals surface area contributed by atoms with Crippen molar-refractivity contribution in [3.05, 3.63) is 50.9 Å². The number of amides is 2. The van der Waals surface area contributed by atoms with Crippen molar-refractivity contribution in [1.29, 1.82) is 0 Å². The van der Waals surface area contributed by atoms with E-state index in [0.29, 0.717) is 29.5 Å². The lowest BCUT2D eigenvalue weighted by atomic mass is 10.2. The zero-order chi connectivity index (χ0) is 18.4. The van der Waals surface area contributed by atoms with Crippen molar-refractivity contribution in [3.63, 3.8) is 0 Å². The Morgan fingerprint density at radius 2 is 1.85 bits per heavy atom. The second-order valence-electron chi connectivity index (χ2n) is 5.34. The van der Waals surface area contributed by atoms with Gasteiger partial charge in [0, 0.05) is 19.4 Å². The minimum absolute atomic E-state index is 0.0700. The molecule has 10 heteroatoms. The van der Waals surface area contributed by atoms with Gasteiger partial charge in [-0.2, -0.15) is 0 Å². The van der Waals surface area contributed by atoms with Crippen LogP contribution in [0.2, 0.25) is 0 Å². The van der Waals surface area contributed by atoms with Crippen LogP contribution in [0.5, 0.6) is 0 Å². The Kier molecular flexibility index (Phi) is 5.97. The van der Waals surface area contributed by atoms with E-state index in [0.717, 1.165) is 10.6 Å². The molecule has 26 heavy (non-hydrogen) atoms. The highest BCUT2D eigenvalue weighted by Gasteiger charge is 2.15. The number of anilines is 1. The van der Waals surface area contributed by atoms with Crippen LogP contribution in [0.15, 0.2) is 30.3 Å². The third-order valence-corrected chi connectivity index (χ3v) is 5.04. The lowest BCUT2D eigenvalue weighted by Crippen LogP contribution is -2.22. The molecule has 2 aromatic heterocycles. The third-order valence-electron chi connectivity index (χ3n) is 3.31. The maximum atomic E-state index is 12.1. The normalized spacial score (nSPS) is 10.5. The molecule has 0 spiro atoms. The molecular formula is C16H16N6O2S2. The summed E-state index contributed by atoms with van der Waals surface area (Å²) in [7, 11) is 0. The number of aryl methyl sites for hydroxylation is 2. The van der Waals surface area contributed by atoms with Crippen molar-refractivity contribution in [3.8, 4) is 0 Å². The number of hydrogen-bond acceptors (Lipinski definition) is 8. The van der Waals surface area contributed by atoms with E-state index >= 15 is 0 Å². The van der Waals surface area contributed by atoms with Crippen LogP contribution < -0.4 is 10.6 Å². The average molecular weight is 388 g/mol. The monoisotopic (exact) mass is 388 g/mol. The largest absolute Gasteiger partial charge is 0.352 e. The molecule has 0 saturated carbocycles. The molecule has 0 saturated heterocycles. The van der Waals surface area contributed by atoms with Gasteiger partial charge in [-0.3, -0.25) is 14.9 Å². The molecule has 3 rings (SSSR count). The predicted molar refractivity (Wildman–Crippen MR) is 99.1 cm³/mol. The molecule has 2 amide bonds. The first-order valence-electron chi connectivity index (χ1n) is 7.84. The molecule has 0 aliphatic carbocycles. The van der Waals surface area contributed by atoms with Gasteiger partial charge in [-0.15, -0.1) is 20.4 Å². The lowest BCUT2D eigenvalue weighted by molar-refractivity contribution is -0.121. The summed E-state index contributed by atoms with van der Waals surface area (Å²) in [6.45, 7) is 2.30. The fourth-order valence-corrected chi connectivity index (χ4v) is 3.37. The van der Waals surface area contributed by atoms with Crippen molar-refractivity contribution in [1.82, 2.24) is 25.7 Å². The minimum Gasteiger partial charge on any atom is -0.352 e. The van der Waals surface area contributed by atoms with Crippen molar-refractivity contribution in [2.24, 2.45) is 0 Å². The highest BCUT2D eigenvalue weighted by Crippen LogP contribution is 2.17.